The van der Waals surface area contributed by atoms with E-state index in [0.717, 1.165) is 16.7 Å². The second-order valence-corrected chi connectivity index (χ2v) is 9.26. The average molecular weight is 461 g/mol. The predicted octanol–water partition coefficient (Wildman–Crippen LogP) is 2.56. The second kappa shape index (κ2) is 7.30. The van der Waals surface area contributed by atoms with Crippen LogP contribution >= 0.6 is 0 Å². The fraction of sp³-hybridized carbons (Fsp3) is 0.269. The molecule has 3 aliphatic carbocycles. The van der Waals surface area contributed by atoms with Gasteiger partial charge in [-0.25, -0.2) is 0 Å². The van der Waals surface area contributed by atoms with Gasteiger partial charge in [0.25, 0.3) is 5.91 Å². The van der Waals surface area contributed by atoms with Crippen LogP contribution in [0.5, 0.6) is 5.75 Å². The molecule has 2 aromatic carbocycles. The first-order valence-corrected chi connectivity index (χ1v) is 10.9. The van der Waals surface area contributed by atoms with Crippen molar-refractivity contribution < 1.29 is 34.8 Å². The highest BCUT2D eigenvalue weighted by Gasteiger charge is 2.59. The number of benzene rings is 2. The number of aromatic hydroxyl groups is 1. The van der Waals surface area contributed by atoms with Crippen molar-refractivity contribution in [2.24, 2.45) is 17.6 Å². The first-order chi connectivity index (χ1) is 16.1. The number of Topliss-reactive ketones (excluding diaryl/α,β-unsaturated/α-hetero) is 2. The molecule has 0 heterocycles. The third kappa shape index (κ3) is 2.85. The monoisotopic (exact) mass is 461 g/mol. The van der Waals surface area contributed by atoms with Crippen LogP contribution in [0.1, 0.15) is 34.3 Å². The Balaban J connectivity index is 1.68. The number of aliphatic hydroxyl groups is 3. The zero-order valence-electron chi connectivity index (χ0n) is 18.3. The molecule has 0 aliphatic heterocycles. The van der Waals surface area contributed by atoms with E-state index in [1.54, 1.807) is 6.07 Å². The number of hydrogen-bond acceptors (Lipinski definition) is 7. The number of fused-ring (bicyclic) bond motifs is 3. The number of amides is 1. The van der Waals surface area contributed by atoms with E-state index in [1.807, 2.05) is 31.2 Å². The van der Waals surface area contributed by atoms with Crippen LogP contribution in [0, 0.1) is 18.8 Å². The molecule has 0 bridgehead atoms. The highest BCUT2D eigenvalue weighted by molar-refractivity contribution is 6.24. The Morgan fingerprint density at radius 1 is 1.03 bits per heavy atom. The summed E-state index contributed by atoms with van der Waals surface area (Å²) >= 11 is 0. The number of phenolic OH excluding ortho intramolecular Hbond substituents is 1. The van der Waals surface area contributed by atoms with Gasteiger partial charge in [0.1, 0.15) is 22.8 Å². The number of hydrogen-bond donors (Lipinski definition) is 5. The summed E-state index contributed by atoms with van der Waals surface area (Å²) in [5.74, 6) is -6.31. The molecule has 2 aromatic rings. The van der Waals surface area contributed by atoms with Gasteiger partial charge >= 0.3 is 0 Å². The highest BCUT2D eigenvalue weighted by Crippen LogP contribution is 2.52. The van der Waals surface area contributed by atoms with Crippen molar-refractivity contribution >= 4 is 17.5 Å². The Morgan fingerprint density at radius 2 is 1.71 bits per heavy atom. The van der Waals surface area contributed by atoms with E-state index in [1.165, 1.54) is 6.07 Å². The maximum atomic E-state index is 13.6. The van der Waals surface area contributed by atoms with E-state index < -0.39 is 52.0 Å². The van der Waals surface area contributed by atoms with Crippen molar-refractivity contribution in [1.29, 1.82) is 0 Å². The van der Waals surface area contributed by atoms with Crippen LogP contribution in [0.15, 0.2) is 59.1 Å². The fourth-order valence-corrected chi connectivity index (χ4v) is 5.62. The Morgan fingerprint density at radius 3 is 2.35 bits per heavy atom. The number of nitrogens with two attached hydrogens (primary N) is 1. The normalized spacial score (nSPS) is 26.2. The minimum absolute atomic E-state index is 0.00898. The summed E-state index contributed by atoms with van der Waals surface area (Å²) in [6.45, 7) is 1.96. The number of ketones is 2. The zero-order valence-corrected chi connectivity index (χ0v) is 18.3. The van der Waals surface area contributed by atoms with Crippen LogP contribution in [0.3, 0.4) is 0 Å². The number of phenols is 1. The molecule has 3 aliphatic rings. The molecule has 8 nitrogen and oxygen atoms in total. The quantitative estimate of drug-likeness (QED) is 0.430. The average Bonchev–Trinajstić information content (AvgIpc) is 2.77. The van der Waals surface area contributed by atoms with E-state index >= 15 is 0 Å². The first-order valence-electron chi connectivity index (χ1n) is 10.9. The Kier molecular flexibility index (Phi) is 4.70. The van der Waals surface area contributed by atoms with Crippen LogP contribution in [0.2, 0.25) is 0 Å². The molecule has 34 heavy (non-hydrogen) atoms. The van der Waals surface area contributed by atoms with Crippen LogP contribution < -0.4 is 5.73 Å². The minimum Gasteiger partial charge on any atom is -0.511 e. The molecule has 0 spiro atoms. The Bertz CT molecular complexity index is 1350. The Hall–Kier alpha value is -3.91. The van der Waals surface area contributed by atoms with E-state index in [-0.39, 0.29) is 36.1 Å². The number of allylic oxidation sites excluding steroid dienone is 2. The molecule has 0 saturated carbocycles. The van der Waals surface area contributed by atoms with Crippen molar-refractivity contribution in [2.75, 3.05) is 0 Å². The maximum Gasteiger partial charge on any atom is 0.255 e. The third-order valence-corrected chi connectivity index (χ3v) is 7.31. The fourth-order valence-electron chi connectivity index (χ4n) is 5.62. The van der Waals surface area contributed by atoms with Crippen molar-refractivity contribution in [2.45, 2.75) is 31.8 Å². The second-order valence-electron chi connectivity index (χ2n) is 9.26. The molecule has 0 aromatic heterocycles. The van der Waals surface area contributed by atoms with Gasteiger partial charge in [0.05, 0.1) is 5.56 Å². The molecule has 1 amide bonds. The van der Waals surface area contributed by atoms with Crippen molar-refractivity contribution in [3.8, 4) is 16.9 Å². The molecule has 3 atom stereocenters. The Labute approximate surface area is 194 Å². The number of carbonyl (C=O) groups is 3. The highest BCUT2D eigenvalue weighted by atomic mass is 16.3. The smallest absolute Gasteiger partial charge is 0.255 e. The summed E-state index contributed by atoms with van der Waals surface area (Å²) in [5, 5.41) is 43.2. The van der Waals surface area contributed by atoms with Crippen LogP contribution in [-0.4, -0.2) is 43.5 Å². The molecule has 5 rings (SSSR count). The number of carbonyl (C=O) groups excluding carboxylic acids is 3. The lowest BCUT2D eigenvalue weighted by Gasteiger charge is -2.45. The van der Waals surface area contributed by atoms with Crippen molar-refractivity contribution in [3.05, 3.63) is 75.8 Å². The van der Waals surface area contributed by atoms with Gasteiger partial charge in [-0.3, -0.25) is 14.4 Å². The van der Waals surface area contributed by atoms with E-state index in [9.17, 15) is 34.8 Å². The van der Waals surface area contributed by atoms with Gasteiger partial charge in [-0.05, 0) is 48.4 Å². The van der Waals surface area contributed by atoms with Gasteiger partial charge < -0.3 is 26.2 Å². The van der Waals surface area contributed by atoms with E-state index in [2.05, 4.69) is 0 Å². The largest absolute Gasteiger partial charge is 0.511 e. The molecular weight excluding hydrogens is 438 g/mol. The third-order valence-electron chi connectivity index (χ3n) is 7.31. The zero-order chi connectivity index (χ0) is 24.5. The first kappa shape index (κ1) is 21.9. The maximum absolute atomic E-state index is 13.6. The minimum atomic E-state index is -2.56. The molecule has 0 saturated heterocycles. The summed E-state index contributed by atoms with van der Waals surface area (Å²) in [5.41, 5.74) is 5.02. The molecule has 0 fully saturated rings. The van der Waals surface area contributed by atoms with E-state index in [4.69, 9.17) is 5.73 Å². The van der Waals surface area contributed by atoms with Crippen molar-refractivity contribution in [3.63, 3.8) is 0 Å². The summed E-state index contributed by atoms with van der Waals surface area (Å²) < 4.78 is 0. The standard InChI is InChI=1S/C26H23NO7/c1-11-2-4-12(5-3-11)15-6-7-17(28)20-16(15)9-13-8-14-10-18(29)21(25(27)33)24(32)26(14,34)23(31)19(13)22(20)30/h2-7,13-14,28-29,31,34H,8-10H2,1H3,(H2,27,33)/t13-,14+,26+/m1/s1. The molecule has 174 valence electrons. The number of aryl methyl sites for hydroxylation is 1. The van der Waals surface area contributed by atoms with Gasteiger partial charge in [0.15, 0.2) is 11.4 Å². The lowest BCUT2D eigenvalue weighted by molar-refractivity contribution is -0.144. The molecular formula is C26H23NO7. The van der Waals surface area contributed by atoms with Gasteiger partial charge in [-0.15, -0.1) is 0 Å². The lowest BCUT2D eigenvalue weighted by atomic mass is 9.60. The van der Waals surface area contributed by atoms with Gasteiger partial charge in [-0.1, -0.05) is 35.9 Å². The summed E-state index contributed by atoms with van der Waals surface area (Å²) in [6.07, 6.45) is 0.123. The summed E-state index contributed by atoms with van der Waals surface area (Å²) in [4.78, 5) is 38.3. The van der Waals surface area contributed by atoms with Gasteiger partial charge in [0, 0.05) is 17.9 Å². The topological polar surface area (TPSA) is 158 Å². The van der Waals surface area contributed by atoms with Gasteiger partial charge in [0.2, 0.25) is 5.78 Å². The van der Waals surface area contributed by atoms with Crippen LogP contribution in [0.4, 0.5) is 0 Å². The molecule has 0 unspecified atom stereocenters. The number of primary amides is 1. The molecule has 0 radical (unpaired) electrons. The summed E-state index contributed by atoms with van der Waals surface area (Å²) in [7, 11) is 0. The molecule has 6 N–H and O–H groups in total. The predicted molar refractivity (Wildman–Crippen MR) is 121 cm³/mol. The number of aliphatic hydroxyl groups excluding tert-OH is 2. The van der Waals surface area contributed by atoms with Crippen LogP contribution in [0.25, 0.3) is 11.1 Å². The van der Waals surface area contributed by atoms with E-state index in [0.29, 0.717) is 5.56 Å². The summed E-state index contributed by atoms with van der Waals surface area (Å²) in [6, 6.07) is 10.9. The lowest BCUT2D eigenvalue weighted by Crippen LogP contribution is -2.57. The van der Waals surface area contributed by atoms with Crippen LogP contribution in [-0.2, 0) is 16.0 Å². The molecule has 8 heteroatoms. The van der Waals surface area contributed by atoms with Crippen molar-refractivity contribution in [1.82, 2.24) is 0 Å². The number of rotatable bonds is 2. The SMILES string of the molecule is Cc1ccc(-c2ccc(O)c3c2C[C@H]2C[C@H]4CC(O)=C(C(N)=O)C(=O)[C@@]4(O)C(O)=C2C3=O)cc1. The van der Waals surface area contributed by atoms with Gasteiger partial charge in [-0.2, -0.15) is 0 Å².